The summed E-state index contributed by atoms with van der Waals surface area (Å²) >= 11 is 0. The molecule has 5 heterocycles. The van der Waals surface area contributed by atoms with E-state index >= 15 is 0 Å². The van der Waals surface area contributed by atoms with E-state index in [-0.39, 0.29) is 5.60 Å². The molecule has 1 aliphatic rings. The molecular formula is C24H29N7O2. The third-order valence-corrected chi connectivity index (χ3v) is 5.83. The second-order valence-electron chi connectivity index (χ2n) is 9.31. The van der Waals surface area contributed by atoms with E-state index in [1.165, 1.54) is 0 Å². The summed E-state index contributed by atoms with van der Waals surface area (Å²) in [6.45, 7) is 9.42. The molecular weight excluding hydrogens is 418 g/mol. The Kier molecular flexibility index (Phi) is 5.28. The number of fused-ring (bicyclic) bond motifs is 1. The minimum Gasteiger partial charge on any atom is -0.489 e. The summed E-state index contributed by atoms with van der Waals surface area (Å²) in [4.78, 5) is 8.75. The number of pyridine rings is 1. The van der Waals surface area contributed by atoms with Crippen molar-refractivity contribution in [2.45, 2.75) is 39.7 Å². The molecule has 0 aromatic carbocycles. The van der Waals surface area contributed by atoms with Gasteiger partial charge in [0.15, 0.2) is 11.6 Å². The van der Waals surface area contributed by atoms with Crippen LogP contribution in [0, 0.1) is 19.8 Å². The molecule has 0 radical (unpaired) electrons. The van der Waals surface area contributed by atoms with Gasteiger partial charge < -0.3 is 14.8 Å². The van der Waals surface area contributed by atoms with Gasteiger partial charge in [-0.05, 0) is 46.2 Å². The monoisotopic (exact) mass is 447 g/mol. The van der Waals surface area contributed by atoms with Gasteiger partial charge in [-0.1, -0.05) is 0 Å². The molecule has 9 heteroatoms. The fourth-order valence-electron chi connectivity index (χ4n) is 4.44. The highest BCUT2D eigenvalue weighted by atomic mass is 16.5. The van der Waals surface area contributed by atoms with Gasteiger partial charge in [-0.2, -0.15) is 10.2 Å². The zero-order chi connectivity index (χ0) is 23.2. The van der Waals surface area contributed by atoms with Crippen LogP contribution < -0.4 is 10.1 Å². The van der Waals surface area contributed by atoms with Crippen LogP contribution in [0.25, 0.3) is 16.8 Å². The molecule has 1 aliphatic heterocycles. The molecule has 172 valence electrons. The van der Waals surface area contributed by atoms with E-state index in [0.29, 0.717) is 12.5 Å². The molecule has 0 unspecified atom stereocenters. The molecule has 33 heavy (non-hydrogen) atoms. The quantitative estimate of drug-likeness (QED) is 0.476. The van der Waals surface area contributed by atoms with Crippen LogP contribution in [-0.2, 0) is 11.8 Å². The maximum atomic E-state index is 6.20. The fourth-order valence-corrected chi connectivity index (χ4v) is 4.44. The van der Waals surface area contributed by atoms with Gasteiger partial charge in [-0.3, -0.25) is 4.68 Å². The van der Waals surface area contributed by atoms with Gasteiger partial charge in [0.1, 0.15) is 17.3 Å². The average molecular weight is 448 g/mol. The maximum absolute atomic E-state index is 6.20. The smallest absolute Gasteiger partial charge is 0.165 e. The van der Waals surface area contributed by atoms with E-state index in [4.69, 9.17) is 9.47 Å². The Bertz CT molecular complexity index is 1290. The molecule has 1 fully saturated rings. The van der Waals surface area contributed by atoms with Gasteiger partial charge in [0.05, 0.1) is 30.5 Å². The number of nitrogens with one attached hydrogen (secondary N) is 1. The van der Waals surface area contributed by atoms with Crippen LogP contribution >= 0.6 is 0 Å². The summed E-state index contributed by atoms with van der Waals surface area (Å²) < 4.78 is 15.7. The Morgan fingerprint density at radius 3 is 2.79 bits per heavy atom. The molecule has 0 spiro atoms. The van der Waals surface area contributed by atoms with Crippen molar-refractivity contribution in [2.24, 2.45) is 13.0 Å². The van der Waals surface area contributed by atoms with Gasteiger partial charge in [0.25, 0.3) is 0 Å². The molecule has 9 nitrogen and oxygen atoms in total. The van der Waals surface area contributed by atoms with Crippen molar-refractivity contribution in [3.8, 4) is 17.0 Å². The predicted octanol–water partition coefficient (Wildman–Crippen LogP) is 4.08. The van der Waals surface area contributed by atoms with Crippen LogP contribution in [0.3, 0.4) is 0 Å². The van der Waals surface area contributed by atoms with E-state index in [1.54, 1.807) is 6.20 Å². The second kappa shape index (κ2) is 8.15. The fraction of sp³-hybridized carbons (Fsp3) is 0.417. The molecule has 0 amide bonds. The zero-order valence-electron chi connectivity index (χ0n) is 19.7. The summed E-state index contributed by atoms with van der Waals surface area (Å²) in [6.07, 6.45) is 4.71. The van der Waals surface area contributed by atoms with Crippen LogP contribution in [0.5, 0.6) is 5.75 Å². The molecule has 0 saturated carbocycles. The first-order valence-electron chi connectivity index (χ1n) is 11.1. The Hall–Kier alpha value is -3.46. The summed E-state index contributed by atoms with van der Waals surface area (Å²) in [7, 11) is 1.93. The molecule has 1 atom stereocenters. The average Bonchev–Trinajstić information content (AvgIpc) is 3.40. The van der Waals surface area contributed by atoms with Crippen molar-refractivity contribution >= 4 is 17.2 Å². The molecule has 1 saturated heterocycles. The Balaban J connectivity index is 1.37. The largest absolute Gasteiger partial charge is 0.489 e. The van der Waals surface area contributed by atoms with Gasteiger partial charge >= 0.3 is 0 Å². The molecule has 4 aromatic heterocycles. The lowest BCUT2D eigenvalue weighted by molar-refractivity contribution is 0.0341. The highest BCUT2D eigenvalue weighted by Crippen LogP contribution is 2.33. The molecule has 0 aliphatic carbocycles. The number of anilines is 2. The Morgan fingerprint density at radius 2 is 2.03 bits per heavy atom. The van der Waals surface area contributed by atoms with E-state index < -0.39 is 0 Å². The highest BCUT2D eigenvalue weighted by molar-refractivity contribution is 5.72. The summed E-state index contributed by atoms with van der Waals surface area (Å²) in [5.74, 6) is 3.32. The van der Waals surface area contributed by atoms with E-state index in [1.807, 2.05) is 54.5 Å². The number of nitrogens with zero attached hydrogens (tertiary/aromatic N) is 6. The lowest BCUT2D eigenvalue weighted by Crippen LogP contribution is -2.18. The van der Waals surface area contributed by atoms with Crippen LogP contribution in [0.15, 0.2) is 36.7 Å². The summed E-state index contributed by atoms with van der Waals surface area (Å²) in [5, 5.41) is 12.3. The van der Waals surface area contributed by atoms with Crippen LogP contribution in [-0.4, -0.2) is 48.2 Å². The number of aryl methyl sites for hydroxylation is 3. The molecule has 1 N–H and O–H groups in total. The van der Waals surface area contributed by atoms with Gasteiger partial charge in [-0.25, -0.2) is 14.5 Å². The number of hydrogen-bond acceptors (Lipinski definition) is 7. The van der Waals surface area contributed by atoms with Crippen LogP contribution in [0.1, 0.15) is 31.8 Å². The van der Waals surface area contributed by atoms with Crippen molar-refractivity contribution in [2.75, 3.05) is 18.5 Å². The first kappa shape index (κ1) is 21.4. The zero-order valence-corrected chi connectivity index (χ0v) is 19.7. The van der Waals surface area contributed by atoms with Crippen molar-refractivity contribution in [3.05, 3.63) is 48.2 Å². The summed E-state index contributed by atoms with van der Waals surface area (Å²) in [5.41, 5.74) is 3.74. The Morgan fingerprint density at radius 1 is 1.18 bits per heavy atom. The third kappa shape index (κ3) is 4.54. The maximum Gasteiger partial charge on any atom is 0.165 e. The second-order valence-corrected chi connectivity index (χ2v) is 9.31. The first-order chi connectivity index (χ1) is 15.8. The number of rotatable bonds is 6. The van der Waals surface area contributed by atoms with Crippen molar-refractivity contribution in [1.29, 1.82) is 0 Å². The number of hydrogen-bond donors (Lipinski definition) is 1. The number of ether oxygens (including phenoxy) is 2. The minimum absolute atomic E-state index is 0.0756. The van der Waals surface area contributed by atoms with Gasteiger partial charge in [0, 0.05) is 42.6 Å². The lowest BCUT2D eigenvalue weighted by atomic mass is 9.99. The van der Waals surface area contributed by atoms with E-state index in [2.05, 4.69) is 45.4 Å². The van der Waals surface area contributed by atoms with Gasteiger partial charge in [-0.15, -0.1) is 0 Å². The Labute approximate surface area is 192 Å². The number of aromatic nitrogens is 6. The van der Waals surface area contributed by atoms with E-state index in [9.17, 15) is 0 Å². The SMILES string of the molecule is Cc1cc(Nc2cc3cc(-c4c(OC[C@H]5COC(C)(C)C5)cnn4C)ccn3n2)nc(C)n1. The minimum atomic E-state index is -0.0756. The van der Waals surface area contributed by atoms with Crippen molar-refractivity contribution in [1.82, 2.24) is 29.4 Å². The molecule has 4 aromatic rings. The predicted molar refractivity (Wildman–Crippen MR) is 126 cm³/mol. The van der Waals surface area contributed by atoms with E-state index in [0.717, 1.165) is 58.7 Å². The highest BCUT2D eigenvalue weighted by Gasteiger charge is 2.32. The normalized spacial score (nSPS) is 17.5. The third-order valence-electron chi connectivity index (χ3n) is 5.83. The van der Waals surface area contributed by atoms with Crippen LogP contribution in [0.2, 0.25) is 0 Å². The summed E-state index contributed by atoms with van der Waals surface area (Å²) in [6, 6.07) is 8.00. The van der Waals surface area contributed by atoms with Gasteiger partial charge in [0.2, 0.25) is 0 Å². The topological polar surface area (TPSA) is 91.4 Å². The molecule has 5 rings (SSSR count). The van der Waals surface area contributed by atoms with Crippen molar-refractivity contribution in [3.63, 3.8) is 0 Å². The van der Waals surface area contributed by atoms with Crippen molar-refractivity contribution < 1.29 is 9.47 Å². The first-order valence-corrected chi connectivity index (χ1v) is 11.1. The molecule has 0 bridgehead atoms. The lowest BCUT2D eigenvalue weighted by Gasteiger charge is -2.16. The standard InChI is InChI=1S/C24H29N7O2/c1-15-8-21(27-16(2)26-15)28-22-10-19-9-18(6-7-31(19)29-22)23-20(12-25-30(23)5)32-13-17-11-24(3,4)33-14-17/h6-10,12,17H,11,13-14H2,1-5H3,(H,26,27,28,29)/t17-/m0/s1. The van der Waals surface area contributed by atoms with Crippen LogP contribution in [0.4, 0.5) is 11.6 Å².